The van der Waals surface area contributed by atoms with Gasteiger partial charge >= 0.3 is 6.61 Å². The number of carbonyl (C=O) groups excluding carboxylic acids is 1. The number of benzene rings is 2. The Balaban J connectivity index is 1.50. The molecule has 164 valence electrons. The van der Waals surface area contributed by atoms with Gasteiger partial charge in [-0.25, -0.2) is 4.98 Å². The predicted molar refractivity (Wildman–Crippen MR) is 115 cm³/mol. The Labute approximate surface area is 185 Å². The maximum Gasteiger partial charge on any atom is 0.387 e. The third-order valence-electron chi connectivity index (χ3n) is 4.49. The standard InChI is InChI=1S/C22H17F2N3O4S/c1-12-19(13-7-9-14(10-8-13)30-21(23)24)25-22(32-12)26-20(28)16-11-18(31-27-16)15-5-3-4-6-17(15)29-2/h3-11,21H,1-2H3,(H,25,26,28). The Morgan fingerprint density at radius 2 is 1.91 bits per heavy atom. The minimum absolute atomic E-state index is 0.0574. The second-order valence-corrected chi connectivity index (χ2v) is 7.76. The number of para-hydroxylation sites is 1. The molecule has 2 heterocycles. The Morgan fingerprint density at radius 3 is 2.62 bits per heavy atom. The summed E-state index contributed by atoms with van der Waals surface area (Å²) >= 11 is 1.28. The molecule has 0 radical (unpaired) electrons. The molecule has 2 aromatic carbocycles. The number of methoxy groups -OCH3 is 1. The van der Waals surface area contributed by atoms with Crippen molar-refractivity contribution in [3.05, 3.63) is 65.2 Å². The van der Waals surface area contributed by atoms with Gasteiger partial charge in [-0.2, -0.15) is 8.78 Å². The van der Waals surface area contributed by atoms with Crippen LogP contribution in [0.1, 0.15) is 15.4 Å². The molecular formula is C22H17F2N3O4S. The van der Waals surface area contributed by atoms with Gasteiger partial charge in [-0.1, -0.05) is 17.3 Å². The molecule has 32 heavy (non-hydrogen) atoms. The van der Waals surface area contributed by atoms with Gasteiger partial charge in [-0.3, -0.25) is 10.1 Å². The van der Waals surface area contributed by atoms with Gasteiger partial charge in [0.1, 0.15) is 11.5 Å². The summed E-state index contributed by atoms with van der Waals surface area (Å²) in [6, 6.07) is 14.9. The molecule has 0 spiro atoms. The molecule has 4 rings (SSSR count). The van der Waals surface area contributed by atoms with Crippen LogP contribution in [0.25, 0.3) is 22.6 Å². The number of anilines is 1. The summed E-state index contributed by atoms with van der Waals surface area (Å²) in [5, 5.41) is 6.93. The molecule has 7 nitrogen and oxygen atoms in total. The molecule has 0 aliphatic heterocycles. The number of rotatable bonds is 7. The van der Waals surface area contributed by atoms with Gasteiger partial charge in [0.2, 0.25) is 0 Å². The van der Waals surface area contributed by atoms with Gasteiger partial charge < -0.3 is 14.0 Å². The smallest absolute Gasteiger partial charge is 0.387 e. The van der Waals surface area contributed by atoms with Gasteiger partial charge in [0.05, 0.1) is 18.4 Å². The number of aryl methyl sites for hydroxylation is 1. The second-order valence-electron chi connectivity index (χ2n) is 6.56. The van der Waals surface area contributed by atoms with E-state index in [1.807, 2.05) is 19.1 Å². The van der Waals surface area contributed by atoms with Crippen LogP contribution in [-0.2, 0) is 0 Å². The van der Waals surface area contributed by atoms with Crippen LogP contribution in [0.2, 0.25) is 0 Å². The first kappa shape index (κ1) is 21.4. The van der Waals surface area contributed by atoms with Crippen molar-refractivity contribution in [3.63, 3.8) is 0 Å². The fraction of sp³-hybridized carbons (Fsp3) is 0.136. The molecule has 0 atom stereocenters. The van der Waals surface area contributed by atoms with Crippen LogP contribution in [-0.4, -0.2) is 29.8 Å². The Kier molecular flexibility index (Phi) is 6.13. The monoisotopic (exact) mass is 457 g/mol. The van der Waals surface area contributed by atoms with Crippen LogP contribution in [0.5, 0.6) is 11.5 Å². The highest BCUT2D eigenvalue weighted by atomic mass is 32.1. The van der Waals surface area contributed by atoms with E-state index < -0.39 is 12.5 Å². The normalized spacial score (nSPS) is 10.9. The molecule has 10 heteroatoms. The highest BCUT2D eigenvalue weighted by molar-refractivity contribution is 7.16. The molecule has 4 aromatic rings. The zero-order chi connectivity index (χ0) is 22.7. The van der Waals surface area contributed by atoms with E-state index in [4.69, 9.17) is 9.26 Å². The lowest BCUT2D eigenvalue weighted by Crippen LogP contribution is -2.11. The van der Waals surface area contributed by atoms with Crippen LogP contribution < -0.4 is 14.8 Å². The molecule has 0 fully saturated rings. The number of ether oxygens (including phenoxy) is 2. The van der Waals surface area contributed by atoms with E-state index in [9.17, 15) is 13.6 Å². The number of hydrogen-bond acceptors (Lipinski definition) is 7. The van der Waals surface area contributed by atoms with Crippen molar-refractivity contribution in [1.29, 1.82) is 0 Å². The summed E-state index contributed by atoms with van der Waals surface area (Å²) in [5.41, 5.74) is 2.10. The first-order valence-corrected chi connectivity index (χ1v) is 10.2. The van der Waals surface area contributed by atoms with E-state index in [1.54, 1.807) is 31.4 Å². The molecule has 0 saturated carbocycles. The lowest BCUT2D eigenvalue weighted by atomic mass is 10.1. The number of alkyl halides is 2. The van der Waals surface area contributed by atoms with Crippen molar-refractivity contribution in [2.24, 2.45) is 0 Å². The molecule has 0 bridgehead atoms. The van der Waals surface area contributed by atoms with Gasteiger partial charge in [-0.15, -0.1) is 11.3 Å². The molecule has 0 aliphatic carbocycles. The molecule has 0 saturated heterocycles. The van der Waals surface area contributed by atoms with E-state index in [0.29, 0.717) is 33.5 Å². The molecule has 2 aromatic heterocycles. The molecule has 1 amide bonds. The average Bonchev–Trinajstić information content (AvgIpc) is 3.41. The average molecular weight is 457 g/mol. The number of hydrogen-bond donors (Lipinski definition) is 1. The van der Waals surface area contributed by atoms with Crippen LogP contribution in [0.3, 0.4) is 0 Å². The van der Waals surface area contributed by atoms with Gasteiger partial charge in [0, 0.05) is 16.5 Å². The van der Waals surface area contributed by atoms with Crippen LogP contribution in [0.15, 0.2) is 59.1 Å². The molecular weight excluding hydrogens is 440 g/mol. The molecule has 0 unspecified atom stereocenters. The SMILES string of the molecule is COc1ccccc1-c1cc(C(=O)Nc2nc(-c3ccc(OC(F)F)cc3)c(C)s2)no1. The Morgan fingerprint density at radius 1 is 1.16 bits per heavy atom. The lowest BCUT2D eigenvalue weighted by Gasteiger charge is -2.05. The second kappa shape index (κ2) is 9.15. The largest absolute Gasteiger partial charge is 0.496 e. The Hall–Kier alpha value is -3.79. The number of thiazole rings is 1. The van der Waals surface area contributed by atoms with E-state index in [1.165, 1.54) is 29.5 Å². The summed E-state index contributed by atoms with van der Waals surface area (Å²) in [5.74, 6) is 0.577. The van der Waals surface area contributed by atoms with Crippen molar-refractivity contribution < 1.29 is 27.6 Å². The summed E-state index contributed by atoms with van der Waals surface area (Å²) in [6.07, 6.45) is 0. The summed E-state index contributed by atoms with van der Waals surface area (Å²) in [7, 11) is 1.55. The highest BCUT2D eigenvalue weighted by Crippen LogP contribution is 2.33. The molecule has 0 aliphatic rings. The van der Waals surface area contributed by atoms with Crippen LogP contribution in [0.4, 0.5) is 13.9 Å². The van der Waals surface area contributed by atoms with E-state index in [-0.39, 0.29) is 11.4 Å². The number of aromatic nitrogens is 2. The Bertz CT molecular complexity index is 1240. The van der Waals surface area contributed by atoms with Crippen molar-refractivity contribution in [1.82, 2.24) is 10.1 Å². The van der Waals surface area contributed by atoms with Crippen molar-refractivity contribution >= 4 is 22.4 Å². The fourth-order valence-electron chi connectivity index (χ4n) is 3.03. The van der Waals surface area contributed by atoms with Crippen molar-refractivity contribution in [2.75, 3.05) is 12.4 Å². The zero-order valence-corrected chi connectivity index (χ0v) is 17.8. The lowest BCUT2D eigenvalue weighted by molar-refractivity contribution is -0.0498. The predicted octanol–water partition coefficient (Wildman–Crippen LogP) is 5.64. The number of halogens is 2. The first-order valence-electron chi connectivity index (χ1n) is 9.38. The molecule has 1 N–H and O–H groups in total. The van der Waals surface area contributed by atoms with Gasteiger partial charge in [-0.05, 0) is 43.3 Å². The highest BCUT2D eigenvalue weighted by Gasteiger charge is 2.18. The number of amides is 1. The quantitative estimate of drug-likeness (QED) is 0.387. The van der Waals surface area contributed by atoms with Gasteiger partial charge in [0.15, 0.2) is 16.6 Å². The third kappa shape index (κ3) is 4.59. The van der Waals surface area contributed by atoms with E-state index in [2.05, 4.69) is 20.2 Å². The summed E-state index contributed by atoms with van der Waals surface area (Å²) in [6.45, 7) is -1.04. The minimum atomic E-state index is -2.89. The number of nitrogens with one attached hydrogen (secondary N) is 1. The van der Waals surface area contributed by atoms with Crippen molar-refractivity contribution in [3.8, 4) is 34.1 Å². The minimum Gasteiger partial charge on any atom is -0.496 e. The number of nitrogens with zero attached hydrogens (tertiary/aromatic N) is 2. The maximum atomic E-state index is 12.6. The van der Waals surface area contributed by atoms with E-state index in [0.717, 1.165) is 4.88 Å². The van der Waals surface area contributed by atoms with Crippen LogP contribution >= 0.6 is 11.3 Å². The summed E-state index contributed by atoms with van der Waals surface area (Å²) in [4.78, 5) is 17.9. The first-order chi connectivity index (χ1) is 15.4. The topological polar surface area (TPSA) is 86.5 Å². The van der Waals surface area contributed by atoms with Crippen LogP contribution in [0, 0.1) is 6.92 Å². The van der Waals surface area contributed by atoms with Crippen molar-refractivity contribution in [2.45, 2.75) is 13.5 Å². The fourth-order valence-corrected chi connectivity index (χ4v) is 3.86. The van der Waals surface area contributed by atoms with E-state index >= 15 is 0 Å². The summed E-state index contributed by atoms with van der Waals surface area (Å²) < 4.78 is 39.6. The third-order valence-corrected chi connectivity index (χ3v) is 5.37. The zero-order valence-electron chi connectivity index (χ0n) is 17.0. The number of carbonyl (C=O) groups is 1. The van der Waals surface area contributed by atoms with Gasteiger partial charge in [0.25, 0.3) is 5.91 Å². The maximum absolute atomic E-state index is 12.6.